The van der Waals surface area contributed by atoms with E-state index in [0.29, 0.717) is 11.4 Å². The molecule has 5 nitrogen and oxygen atoms in total. The molecule has 0 aromatic carbocycles. The van der Waals surface area contributed by atoms with Gasteiger partial charge in [-0.15, -0.1) is 11.3 Å². The van der Waals surface area contributed by atoms with Crippen LogP contribution in [0.15, 0.2) is 12.3 Å². The number of fused-ring (bicyclic) bond motifs is 1. The number of nitrogens with one attached hydrogen (secondary N) is 1. The Kier molecular flexibility index (Phi) is 3.31. The summed E-state index contributed by atoms with van der Waals surface area (Å²) in [6.45, 7) is 0. The van der Waals surface area contributed by atoms with Crippen molar-refractivity contribution in [2.45, 2.75) is 19.3 Å². The van der Waals surface area contributed by atoms with Crippen molar-refractivity contribution in [2.75, 3.05) is 5.32 Å². The number of nitrogens with zero attached hydrogens (tertiary/aromatic N) is 2. The molecule has 20 heavy (non-hydrogen) atoms. The van der Waals surface area contributed by atoms with Crippen LogP contribution < -0.4 is 11.1 Å². The van der Waals surface area contributed by atoms with E-state index in [2.05, 4.69) is 10.4 Å². The van der Waals surface area contributed by atoms with Gasteiger partial charge in [-0.1, -0.05) is 12.2 Å². The predicted molar refractivity (Wildman–Crippen MR) is 83.4 cm³/mol. The Morgan fingerprint density at radius 3 is 3.05 bits per heavy atom. The van der Waals surface area contributed by atoms with E-state index < -0.39 is 0 Å². The quantitative estimate of drug-likeness (QED) is 0.849. The molecule has 104 valence electrons. The van der Waals surface area contributed by atoms with Crippen molar-refractivity contribution in [2.24, 2.45) is 12.8 Å². The topological polar surface area (TPSA) is 72.9 Å². The van der Waals surface area contributed by atoms with Crippen molar-refractivity contribution in [3.63, 3.8) is 0 Å². The highest BCUT2D eigenvalue weighted by molar-refractivity contribution is 7.80. The van der Waals surface area contributed by atoms with Gasteiger partial charge in [0.25, 0.3) is 5.91 Å². The van der Waals surface area contributed by atoms with E-state index >= 15 is 0 Å². The lowest BCUT2D eigenvalue weighted by Gasteiger charge is -2.06. The molecule has 1 amide bonds. The van der Waals surface area contributed by atoms with E-state index in [9.17, 15) is 4.79 Å². The molecule has 7 heteroatoms. The molecule has 0 radical (unpaired) electrons. The van der Waals surface area contributed by atoms with Crippen LogP contribution in [0.2, 0.25) is 0 Å². The second-order valence-electron chi connectivity index (χ2n) is 4.76. The first kappa shape index (κ1) is 13.3. The molecular weight excluding hydrogens is 292 g/mol. The highest BCUT2D eigenvalue weighted by atomic mass is 32.1. The number of aromatic nitrogens is 2. The molecule has 2 aromatic heterocycles. The summed E-state index contributed by atoms with van der Waals surface area (Å²) in [5.74, 6) is 0.404. The average molecular weight is 306 g/mol. The summed E-state index contributed by atoms with van der Waals surface area (Å²) in [6, 6.07) is 1.99. The Balaban J connectivity index is 1.85. The van der Waals surface area contributed by atoms with Gasteiger partial charge < -0.3 is 11.1 Å². The zero-order valence-electron chi connectivity index (χ0n) is 11.0. The molecule has 0 fully saturated rings. The molecule has 0 atom stereocenters. The van der Waals surface area contributed by atoms with E-state index in [-0.39, 0.29) is 10.9 Å². The van der Waals surface area contributed by atoms with Crippen molar-refractivity contribution in [3.05, 3.63) is 33.1 Å². The fourth-order valence-corrected chi connectivity index (χ4v) is 3.67. The zero-order valence-corrected chi connectivity index (χ0v) is 12.6. The molecule has 1 aliphatic rings. The number of carbonyl (C=O) groups is 1. The average Bonchev–Trinajstić information content (AvgIpc) is 3.04. The third-order valence-electron chi connectivity index (χ3n) is 3.41. The van der Waals surface area contributed by atoms with Crippen LogP contribution in [-0.4, -0.2) is 20.7 Å². The lowest BCUT2D eigenvalue weighted by molar-refractivity contribution is 0.102. The Labute approximate surface area is 125 Å². The largest absolute Gasteiger partial charge is 0.389 e. The molecule has 0 aliphatic heterocycles. The molecular formula is C13H14N4OS2. The first-order chi connectivity index (χ1) is 9.56. The number of thiophene rings is 1. The fraction of sp³-hybridized carbons (Fsp3) is 0.308. The predicted octanol–water partition coefficient (Wildman–Crippen LogP) is 1.86. The van der Waals surface area contributed by atoms with Gasteiger partial charge in [0.1, 0.15) is 10.8 Å². The van der Waals surface area contributed by atoms with Crippen LogP contribution in [0.5, 0.6) is 0 Å². The van der Waals surface area contributed by atoms with Crippen LogP contribution in [0.4, 0.5) is 5.82 Å². The van der Waals surface area contributed by atoms with Gasteiger partial charge in [-0.05, 0) is 30.9 Å². The molecule has 0 saturated heterocycles. The molecule has 0 saturated carbocycles. The maximum absolute atomic E-state index is 12.3. The number of amides is 1. The summed E-state index contributed by atoms with van der Waals surface area (Å²) in [6.07, 6.45) is 4.91. The van der Waals surface area contributed by atoms with Crippen molar-refractivity contribution < 1.29 is 4.79 Å². The molecule has 2 aromatic rings. The number of anilines is 1. The van der Waals surface area contributed by atoms with Crippen LogP contribution in [-0.2, 0) is 19.9 Å². The molecule has 1 aliphatic carbocycles. The van der Waals surface area contributed by atoms with Crippen molar-refractivity contribution in [3.8, 4) is 0 Å². The maximum Gasteiger partial charge on any atom is 0.266 e. The van der Waals surface area contributed by atoms with Crippen molar-refractivity contribution in [1.82, 2.24) is 9.78 Å². The molecule has 3 N–H and O–H groups in total. The summed E-state index contributed by atoms with van der Waals surface area (Å²) in [5.41, 5.74) is 7.52. The smallest absolute Gasteiger partial charge is 0.266 e. The molecule has 0 bridgehead atoms. The highest BCUT2D eigenvalue weighted by Gasteiger charge is 2.20. The number of nitrogens with two attached hydrogens (primary N) is 1. The second-order valence-corrected chi connectivity index (χ2v) is 6.34. The number of thiocarbonyl (C=S) groups is 1. The standard InChI is InChI=1S/C13H14N4OS2/c1-17-12(8(6-15-17)11(14)19)16-13(18)10-5-7-3-2-4-9(7)20-10/h5-6H,2-4H2,1H3,(H2,14,19)(H,16,18). The van der Waals surface area contributed by atoms with Crippen molar-refractivity contribution in [1.29, 1.82) is 0 Å². The van der Waals surface area contributed by atoms with Gasteiger partial charge in [-0.25, -0.2) is 0 Å². The van der Waals surface area contributed by atoms with Crippen LogP contribution >= 0.6 is 23.6 Å². The fourth-order valence-electron chi connectivity index (χ4n) is 2.38. The molecule has 2 heterocycles. The van der Waals surface area contributed by atoms with Crippen LogP contribution in [0.3, 0.4) is 0 Å². The number of rotatable bonds is 3. The maximum atomic E-state index is 12.3. The minimum atomic E-state index is -0.134. The Morgan fingerprint density at radius 1 is 1.55 bits per heavy atom. The lowest BCUT2D eigenvalue weighted by atomic mass is 10.2. The Hall–Kier alpha value is -1.73. The number of aryl methyl sites for hydroxylation is 3. The van der Waals surface area contributed by atoms with E-state index in [0.717, 1.165) is 17.7 Å². The first-order valence-corrected chi connectivity index (χ1v) is 7.53. The van der Waals surface area contributed by atoms with Crippen LogP contribution in [0, 0.1) is 0 Å². The van der Waals surface area contributed by atoms with Gasteiger partial charge >= 0.3 is 0 Å². The SMILES string of the molecule is Cn1ncc(C(N)=S)c1NC(=O)c1cc2c(s1)CCC2. The van der Waals surface area contributed by atoms with Gasteiger partial charge in [0.2, 0.25) is 0 Å². The summed E-state index contributed by atoms with van der Waals surface area (Å²) in [7, 11) is 1.74. The molecule has 0 spiro atoms. The summed E-state index contributed by atoms with van der Waals surface area (Å²) >= 11 is 6.53. The minimum Gasteiger partial charge on any atom is -0.389 e. The van der Waals surface area contributed by atoms with Crippen molar-refractivity contribution >= 4 is 40.3 Å². The monoisotopic (exact) mass is 306 g/mol. The summed E-state index contributed by atoms with van der Waals surface area (Å²) in [4.78, 5) is 14.6. The van der Waals surface area contributed by atoms with Crippen LogP contribution in [0.25, 0.3) is 0 Å². The zero-order chi connectivity index (χ0) is 14.3. The summed E-state index contributed by atoms with van der Waals surface area (Å²) < 4.78 is 1.56. The number of hydrogen-bond acceptors (Lipinski definition) is 4. The highest BCUT2D eigenvalue weighted by Crippen LogP contribution is 2.31. The van der Waals surface area contributed by atoms with E-state index in [1.807, 2.05) is 6.07 Å². The third kappa shape index (κ3) is 2.23. The van der Waals surface area contributed by atoms with Gasteiger partial charge in [0.05, 0.1) is 16.6 Å². The number of hydrogen-bond donors (Lipinski definition) is 2. The Bertz CT molecular complexity index is 680. The Morgan fingerprint density at radius 2 is 2.35 bits per heavy atom. The summed E-state index contributed by atoms with van der Waals surface area (Å²) in [5, 5.41) is 6.92. The third-order valence-corrected chi connectivity index (χ3v) is 4.86. The van der Waals surface area contributed by atoms with Gasteiger partial charge in [0, 0.05) is 11.9 Å². The molecule has 3 rings (SSSR count). The van der Waals surface area contributed by atoms with E-state index in [4.69, 9.17) is 18.0 Å². The first-order valence-electron chi connectivity index (χ1n) is 6.31. The number of carbonyl (C=O) groups excluding carboxylic acids is 1. The lowest BCUT2D eigenvalue weighted by Crippen LogP contribution is -2.18. The minimum absolute atomic E-state index is 0.134. The normalized spacial score (nSPS) is 13.2. The van der Waals surface area contributed by atoms with E-state index in [1.54, 1.807) is 29.3 Å². The van der Waals surface area contributed by atoms with Gasteiger partial charge in [-0.3, -0.25) is 9.48 Å². The molecule has 0 unspecified atom stereocenters. The van der Waals surface area contributed by atoms with E-state index in [1.165, 1.54) is 16.9 Å². The van der Waals surface area contributed by atoms with Gasteiger partial charge in [-0.2, -0.15) is 5.10 Å². The van der Waals surface area contributed by atoms with Crippen LogP contribution in [0.1, 0.15) is 32.1 Å². The van der Waals surface area contributed by atoms with Gasteiger partial charge in [0.15, 0.2) is 0 Å². The second kappa shape index (κ2) is 4.99.